The average molecular weight is 257 g/mol. The van der Waals surface area contributed by atoms with Crippen LogP contribution in [-0.2, 0) is 10.2 Å². The predicted octanol–water partition coefficient (Wildman–Crippen LogP) is 0.999. The molecule has 6 heteroatoms. The van der Waals surface area contributed by atoms with Gasteiger partial charge in [0.15, 0.2) is 0 Å². The zero-order valence-electron chi connectivity index (χ0n) is 9.93. The van der Waals surface area contributed by atoms with Gasteiger partial charge < -0.3 is 0 Å². The van der Waals surface area contributed by atoms with Crippen molar-refractivity contribution in [3.8, 4) is 6.07 Å². The van der Waals surface area contributed by atoms with Crippen LogP contribution in [-0.4, -0.2) is 31.9 Å². The SMILES string of the molecule is N#CC1CCCC1NS(=O)(=O)N1CCCCC1. The standard InChI is InChI=1S/C11H19N3O2S/c12-9-10-5-4-6-11(10)13-17(15,16)14-7-2-1-3-8-14/h10-11,13H,1-8H2. The molecule has 2 atom stereocenters. The van der Waals surface area contributed by atoms with Crippen LogP contribution in [0.5, 0.6) is 0 Å². The minimum atomic E-state index is -3.38. The second-order valence-electron chi connectivity index (χ2n) is 4.86. The Morgan fingerprint density at radius 2 is 1.82 bits per heavy atom. The number of hydrogen-bond donors (Lipinski definition) is 1. The number of nitrogens with zero attached hydrogens (tertiary/aromatic N) is 2. The van der Waals surface area contributed by atoms with E-state index in [1.54, 1.807) is 0 Å². The Balaban J connectivity index is 1.99. The third-order valence-electron chi connectivity index (χ3n) is 3.64. The van der Waals surface area contributed by atoms with Gasteiger partial charge in [0.25, 0.3) is 10.2 Å². The first-order valence-electron chi connectivity index (χ1n) is 6.30. The minimum Gasteiger partial charge on any atom is -0.198 e. The molecule has 0 aromatic rings. The van der Waals surface area contributed by atoms with E-state index in [0.717, 1.165) is 38.5 Å². The van der Waals surface area contributed by atoms with Crippen LogP contribution >= 0.6 is 0 Å². The zero-order chi connectivity index (χ0) is 12.3. The maximum Gasteiger partial charge on any atom is 0.279 e. The minimum absolute atomic E-state index is 0.158. The molecule has 1 heterocycles. The van der Waals surface area contributed by atoms with Crippen molar-refractivity contribution in [1.29, 1.82) is 5.26 Å². The van der Waals surface area contributed by atoms with Crippen molar-refractivity contribution in [2.24, 2.45) is 5.92 Å². The van der Waals surface area contributed by atoms with E-state index in [2.05, 4.69) is 10.8 Å². The highest BCUT2D eigenvalue weighted by Gasteiger charge is 2.33. The summed E-state index contributed by atoms with van der Waals surface area (Å²) in [5.41, 5.74) is 0. The molecule has 1 N–H and O–H groups in total. The summed E-state index contributed by atoms with van der Waals surface area (Å²) in [5, 5.41) is 8.95. The van der Waals surface area contributed by atoms with Crippen molar-refractivity contribution in [3.05, 3.63) is 0 Å². The van der Waals surface area contributed by atoms with Crippen molar-refractivity contribution in [3.63, 3.8) is 0 Å². The summed E-state index contributed by atoms with van der Waals surface area (Å²) in [6, 6.07) is 2.01. The summed E-state index contributed by atoms with van der Waals surface area (Å²) in [5.74, 6) is -0.158. The first-order chi connectivity index (χ1) is 8.13. The molecule has 1 saturated carbocycles. The molecule has 2 fully saturated rings. The molecule has 2 unspecified atom stereocenters. The highest BCUT2D eigenvalue weighted by molar-refractivity contribution is 7.87. The van der Waals surface area contributed by atoms with Gasteiger partial charge in [-0.2, -0.15) is 22.7 Å². The van der Waals surface area contributed by atoms with Gasteiger partial charge in [0, 0.05) is 19.1 Å². The Morgan fingerprint density at radius 3 is 2.47 bits per heavy atom. The maximum absolute atomic E-state index is 12.1. The van der Waals surface area contributed by atoms with Gasteiger partial charge in [-0.05, 0) is 25.7 Å². The molecule has 0 spiro atoms. The van der Waals surface area contributed by atoms with Crippen LogP contribution in [0.1, 0.15) is 38.5 Å². The Kier molecular flexibility index (Phi) is 4.02. The summed E-state index contributed by atoms with van der Waals surface area (Å²) in [4.78, 5) is 0. The summed E-state index contributed by atoms with van der Waals surface area (Å²) in [6.07, 6.45) is 5.51. The van der Waals surface area contributed by atoms with E-state index in [-0.39, 0.29) is 12.0 Å². The summed E-state index contributed by atoms with van der Waals surface area (Å²) in [6.45, 7) is 1.22. The third kappa shape index (κ3) is 2.97. The lowest BCUT2D eigenvalue weighted by Gasteiger charge is -2.28. The summed E-state index contributed by atoms with van der Waals surface area (Å²) < 4.78 is 28.4. The van der Waals surface area contributed by atoms with Crippen molar-refractivity contribution in [2.75, 3.05) is 13.1 Å². The largest absolute Gasteiger partial charge is 0.279 e. The highest BCUT2D eigenvalue weighted by atomic mass is 32.2. The van der Waals surface area contributed by atoms with Crippen molar-refractivity contribution >= 4 is 10.2 Å². The third-order valence-corrected chi connectivity index (χ3v) is 5.28. The topological polar surface area (TPSA) is 73.2 Å². The first kappa shape index (κ1) is 12.8. The fourth-order valence-corrected chi connectivity index (χ4v) is 4.18. The fourth-order valence-electron chi connectivity index (χ4n) is 2.63. The van der Waals surface area contributed by atoms with E-state index in [1.807, 2.05) is 0 Å². The summed E-state index contributed by atoms with van der Waals surface area (Å²) >= 11 is 0. The zero-order valence-corrected chi connectivity index (χ0v) is 10.7. The molecule has 0 bridgehead atoms. The highest BCUT2D eigenvalue weighted by Crippen LogP contribution is 2.26. The molecule has 0 radical (unpaired) electrons. The second kappa shape index (κ2) is 5.34. The van der Waals surface area contributed by atoms with Crippen molar-refractivity contribution in [1.82, 2.24) is 9.03 Å². The maximum atomic E-state index is 12.1. The molecular weight excluding hydrogens is 238 g/mol. The molecule has 0 aromatic carbocycles. The molecule has 1 saturated heterocycles. The normalized spacial score (nSPS) is 31.2. The van der Waals surface area contributed by atoms with E-state index in [9.17, 15) is 8.42 Å². The van der Waals surface area contributed by atoms with Crippen molar-refractivity contribution in [2.45, 2.75) is 44.6 Å². The molecule has 0 amide bonds. The smallest absolute Gasteiger partial charge is 0.198 e. The van der Waals surface area contributed by atoms with E-state index in [1.165, 1.54) is 4.31 Å². The Hall–Kier alpha value is -0.640. The molecule has 96 valence electrons. The quantitative estimate of drug-likeness (QED) is 0.819. The molecule has 5 nitrogen and oxygen atoms in total. The lowest BCUT2D eigenvalue weighted by Crippen LogP contribution is -2.48. The number of nitriles is 1. The van der Waals surface area contributed by atoms with Gasteiger partial charge in [-0.1, -0.05) is 12.8 Å². The van der Waals surface area contributed by atoms with Crippen LogP contribution in [0.25, 0.3) is 0 Å². The van der Waals surface area contributed by atoms with Gasteiger partial charge in [0.05, 0.1) is 12.0 Å². The summed E-state index contributed by atoms with van der Waals surface area (Å²) in [7, 11) is -3.38. The Bertz CT molecular complexity index is 395. The van der Waals surface area contributed by atoms with Crippen LogP contribution in [0.2, 0.25) is 0 Å². The monoisotopic (exact) mass is 257 g/mol. The van der Waals surface area contributed by atoms with Gasteiger partial charge in [-0.15, -0.1) is 0 Å². The predicted molar refractivity (Wildman–Crippen MR) is 64.2 cm³/mol. The van der Waals surface area contributed by atoms with Crippen LogP contribution in [0.15, 0.2) is 0 Å². The van der Waals surface area contributed by atoms with Gasteiger partial charge >= 0.3 is 0 Å². The molecular formula is C11H19N3O2S. The average Bonchev–Trinajstić information content (AvgIpc) is 2.77. The number of piperidine rings is 1. The fraction of sp³-hybridized carbons (Fsp3) is 0.909. The number of rotatable bonds is 3. The van der Waals surface area contributed by atoms with Gasteiger partial charge in [0.2, 0.25) is 0 Å². The van der Waals surface area contributed by atoms with Gasteiger partial charge in [-0.3, -0.25) is 0 Å². The van der Waals surface area contributed by atoms with Crippen molar-refractivity contribution < 1.29 is 8.42 Å². The Labute approximate surface area is 103 Å². The van der Waals surface area contributed by atoms with Crippen LogP contribution in [0.3, 0.4) is 0 Å². The molecule has 1 aliphatic carbocycles. The van der Waals surface area contributed by atoms with E-state index < -0.39 is 10.2 Å². The van der Waals surface area contributed by atoms with E-state index >= 15 is 0 Å². The van der Waals surface area contributed by atoms with Crippen LogP contribution in [0, 0.1) is 17.2 Å². The second-order valence-corrected chi connectivity index (χ2v) is 6.56. The molecule has 0 aromatic heterocycles. The number of hydrogen-bond acceptors (Lipinski definition) is 3. The first-order valence-corrected chi connectivity index (χ1v) is 7.74. The van der Waals surface area contributed by atoms with Gasteiger partial charge in [0.1, 0.15) is 0 Å². The van der Waals surface area contributed by atoms with E-state index in [0.29, 0.717) is 13.1 Å². The lowest BCUT2D eigenvalue weighted by atomic mass is 10.1. The van der Waals surface area contributed by atoms with Crippen LogP contribution < -0.4 is 4.72 Å². The molecule has 2 rings (SSSR count). The molecule has 2 aliphatic rings. The molecule has 1 aliphatic heterocycles. The van der Waals surface area contributed by atoms with Gasteiger partial charge in [-0.25, -0.2) is 0 Å². The number of nitrogens with one attached hydrogen (secondary N) is 1. The molecule has 17 heavy (non-hydrogen) atoms. The van der Waals surface area contributed by atoms with E-state index in [4.69, 9.17) is 5.26 Å². The van der Waals surface area contributed by atoms with Crippen LogP contribution in [0.4, 0.5) is 0 Å². The lowest BCUT2D eigenvalue weighted by molar-refractivity contribution is 0.336. The Morgan fingerprint density at radius 1 is 1.12 bits per heavy atom.